The van der Waals surface area contributed by atoms with E-state index >= 15 is 0 Å². The van der Waals surface area contributed by atoms with Crippen molar-refractivity contribution in [2.24, 2.45) is 7.05 Å². The van der Waals surface area contributed by atoms with E-state index in [0.29, 0.717) is 17.1 Å². The van der Waals surface area contributed by atoms with E-state index in [1.807, 2.05) is 6.07 Å². The molecule has 0 radical (unpaired) electrons. The van der Waals surface area contributed by atoms with Gasteiger partial charge in [-0.2, -0.15) is 5.10 Å². The summed E-state index contributed by atoms with van der Waals surface area (Å²) in [5, 5.41) is 6.83. The van der Waals surface area contributed by atoms with Gasteiger partial charge in [-0.25, -0.2) is 4.98 Å². The number of hydrogen-bond acceptors (Lipinski definition) is 3. The van der Waals surface area contributed by atoms with Crippen molar-refractivity contribution in [3.63, 3.8) is 0 Å². The number of amides is 1. The second-order valence-corrected chi connectivity index (χ2v) is 4.53. The Morgan fingerprint density at radius 3 is 2.76 bits per heavy atom. The van der Waals surface area contributed by atoms with Crippen molar-refractivity contribution in [1.29, 1.82) is 0 Å². The molecule has 0 bridgehead atoms. The van der Waals surface area contributed by atoms with E-state index < -0.39 is 0 Å². The van der Waals surface area contributed by atoms with Crippen LogP contribution in [-0.2, 0) is 7.05 Å². The third-order valence-electron chi connectivity index (χ3n) is 2.23. The molecule has 17 heavy (non-hydrogen) atoms. The number of nitrogens with one attached hydrogen (secondary N) is 1. The summed E-state index contributed by atoms with van der Waals surface area (Å²) in [5.74, 6) is 0.312. The normalized spacial score (nSPS) is 10.3. The Morgan fingerprint density at radius 2 is 2.24 bits per heavy atom. The van der Waals surface area contributed by atoms with E-state index in [9.17, 15) is 4.79 Å². The van der Waals surface area contributed by atoms with E-state index in [1.54, 1.807) is 37.1 Å². The highest BCUT2D eigenvalue weighted by molar-refractivity contribution is 9.10. The fraction of sp³-hybridized carbons (Fsp3) is 0.182. The Kier molecular flexibility index (Phi) is 3.23. The lowest BCUT2D eigenvalue weighted by Crippen LogP contribution is -2.13. The first-order chi connectivity index (χ1) is 8.06. The summed E-state index contributed by atoms with van der Waals surface area (Å²) in [4.78, 5) is 16.0. The summed E-state index contributed by atoms with van der Waals surface area (Å²) < 4.78 is 2.48. The minimum absolute atomic E-state index is 0.203. The lowest BCUT2D eigenvalue weighted by molar-refractivity contribution is 0.102. The lowest BCUT2D eigenvalue weighted by atomic mass is 10.2. The molecular formula is C11H11BrN4O. The molecule has 0 aromatic carbocycles. The fourth-order valence-electron chi connectivity index (χ4n) is 1.46. The third kappa shape index (κ3) is 2.71. The molecule has 6 heteroatoms. The average Bonchev–Trinajstić information content (AvgIpc) is 2.61. The van der Waals surface area contributed by atoms with E-state index in [2.05, 4.69) is 31.3 Å². The van der Waals surface area contributed by atoms with Crippen LogP contribution >= 0.6 is 15.9 Å². The predicted molar refractivity (Wildman–Crippen MR) is 67.8 cm³/mol. The van der Waals surface area contributed by atoms with Crippen LogP contribution in [-0.4, -0.2) is 20.7 Å². The van der Waals surface area contributed by atoms with Crippen molar-refractivity contribution >= 4 is 27.7 Å². The molecule has 2 rings (SSSR count). The summed E-state index contributed by atoms with van der Waals surface area (Å²) >= 11 is 3.28. The van der Waals surface area contributed by atoms with Crippen LogP contribution in [0.3, 0.4) is 0 Å². The van der Waals surface area contributed by atoms with Crippen molar-refractivity contribution in [2.75, 3.05) is 5.32 Å². The van der Waals surface area contributed by atoms with Gasteiger partial charge in [-0.3, -0.25) is 9.48 Å². The molecule has 0 aliphatic rings. The summed E-state index contributed by atoms with van der Waals surface area (Å²) in [5.41, 5.74) is 1.25. The number of pyridine rings is 1. The van der Waals surface area contributed by atoms with Gasteiger partial charge in [0.25, 0.3) is 5.91 Å². The molecule has 0 unspecified atom stereocenters. The number of carbonyl (C=O) groups is 1. The van der Waals surface area contributed by atoms with Gasteiger partial charge in [0, 0.05) is 23.9 Å². The minimum atomic E-state index is -0.203. The number of carbonyl (C=O) groups excluding carboxylic acids is 1. The van der Waals surface area contributed by atoms with Crippen molar-refractivity contribution in [1.82, 2.24) is 14.8 Å². The molecule has 1 N–H and O–H groups in total. The largest absolute Gasteiger partial charge is 0.306 e. The van der Waals surface area contributed by atoms with Crippen LogP contribution in [0.2, 0.25) is 0 Å². The number of rotatable bonds is 2. The highest BCUT2D eigenvalue weighted by atomic mass is 79.9. The number of aromatic nitrogens is 3. The third-order valence-corrected chi connectivity index (χ3v) is 2.70. The van der Waals surface area contributed by atoms with Crippen LogP contribution in [0.5, 0.6) is 0 Å². The standard InChI is InChI=1S/C11H11BrN4O/c1-7-9(6-16(2)15-7)11(17)14-10-4-3-8(12)5-13-10/h3-6H,1-2H3,(H,13,14,17). The summed E-state index contributed by atoms with van der Waals surface area (Å²) in [7, 11) is 1.78. The van der Waals surface area contributed by atoms with Gasteiger partial charge >= 0.3 is 0 Å². The number of nitrogens with zero attached hydrogens (tertiary/aromatic N) is 3. The first kappa shape index (κ1) is 11.8. The Labute approximate surface area is 107 Å². The SMILES string of the molecule is Cc1nn(C)cc1C(=O)Nc1ccc(Br)cn1. The quantitative estimate of drug-likeness (QED) is 0.923. The Morgan fingerprint density at radius 1 is 1.47 bits per heavy atom. The van der Waals surface area contributed by atoms with Gasteiger partial charge in [-0.15, -0.1) is 0 Å². The summed E-state index contributed by atoms with van der Waals surface area (Å²) in [6.45, 7) is 1.80. The molecule has 2 aromatic rings. The molecule has 0 fully saturated rings. The predicted octanol–water partition coefficient (Wildman–Crippen LogP) is 2.14. The highest BCUT2D eigenvalue weighted by Crippen LogP contribution is 2.12. The molecular weight excluding hydrogens is 284 g/mol. The average molecular weight is 295 g/mol. The summed E-state index contributed by atoms with van der Waals surface area (Å²) in [6, 6.07) is 3.55. The zero-order valence-corrected chi connectivity index (χ0v) is 11.0. The van der Waals surface area contributed by atoms with Gasteiger partial charge in [0.15, 0.2) is 0 Å². The monoisotopic (exact) mass is 294 g/mol. The van der Waals surface area contributed by atoms with Crippen LogP contribution in [0, 0.1) is 6.92 Å². The Balaban J connectivity index is 2.17. The van der Waals surface area contributed by atoms with Gasteiger partial charge in [0.1, 0.15) is 5.82 Å². The Hall–Kier alpha value is -1.69. The molecule has 0 aliphatic heterocycles. The molecule has 0 saturated carbocycles. The minimum Gasteiger partial charge on any atom is -0.306 e. The molecule has 1 amide bonds. The zero-order chi connectivity index (χ0) is 12.4. The van der Waals surface area contributed by atoms with Crippen LogP contribution in [0.4, 0.5) is 5.82 Å². The van der Waals surface area contributed by atoms with E-state index in [4.69, 9.17) is 0 Å². The molecule has 0 spiro atoms. The first-order valence-corrected chi connectivity index (χ1v) is 5.78. The van der Waals surface area contributed by atoms with Crippen molar-refractivity contribution < 1.29 is 4.79 Å². The molecule has 5 nitrogen and oxygen atoms in total. The van der Waals surface area contributed by atoms with Crippen molar-refractivity contribution in [3.05, 3.63) is 40.3 Å². The molecule has 0 atom stereocenters. The second kappa shape index (κ2) is 4.67. The van der Waals surface area contributed by atoms with Crippen LogP contribution in [0.15, 0.2) is 29.0 Å². The molecule has 88 valence electrons. The van der Waals surface area contributed by atoms with Gasteiger partial charge in [0.05, 0.1) is 11.3 Å². The molecule has 0 saturated heterocycles. The summed E-state index contributed by atoms with van der Waals surface area (Å²) in [6.07, 6.45) is 3.31. The topological polar surface area (TPSA) is 59.8 Å². The molecule has 0 aliphatic carbocycles. The maximum Gasteiger partial charge on any atom is 0.260 e. The molecule has 2 aromatic heterocycles. The van der Waals surface area contributed by atoms with E-state index in [-0.39, 0.29) is 5.91 Å². The van der Waals surface area contributed by atoms with Gasteiger partial charge in [-0.05, 0) is 35.0 Å². The number of aryl methyl sites for hydroxylation is 2. The van der Waals surface area contributed by atoms with Crippen molar-refractivity contribution in [2.45, 2.75) is 6.92 Å². The van der Waals surface area contributed by atoms with Gasteiger partial charge in [-0.1, -0.05) is 0 Å². The van der Waals surface area contributed by atoms with E-state index in [0.717, 1.165) is 4.47 Å². The van der Waals surface area contributed by atoms with Crippen LogP contribution in [0.1, 0.15) is 16.1 Å². The lowest BCUT2D eigenvalue weighted by Gasteiger charge is -2.02. The van der Waals surface area contributed by atoms with E-state index in [1.165, 1.54) is 0 Å². The number of halogens is 1. The number of hydrogen-bond donors (Lipinski definition) is 1. The Bertz CT molecular complexity index is 547. The number of anilines is 1. The highest BCUT2D eigenvalue weighted by Gasteiger charge is 2.12. The maximum atomic E-state index is 11.9. The van der Waals surface area contributed by atoms with Crippen molar-refractivity contribution in [3.8, 4) is 0 Å². The van der Waals surface area contributed by atoms with Gasteiger partial charge in [0.2, 0.25) is 0 Å². The van der Waals surface area contributed by atoms with Crippen LogP contribution < -0.4 is 5.32 Å². The first-order valence-electron chi connectivity index (χ1n) is 4.99. The van der Waals surface area contributed by atoms with Crippen LogP contribution in [0.25, 0.3) is 0 Å². The fourth-order valence-corrected chi connectivity index (χ4v) is 1.69. The van der Waals surface area contributed by atoms with Gasteiger partial charge < -0.3 is 5.32 Å². The maximum absolute atomic E-state index is 11.9. The second-order valence-electron chi connectivity index (χ2n) is 3.62. The zero-order valence-electron chi connectivity index (χ0n) is 9.44. The smallest absolute Gasteiger partial charge is 0.260 e. The molecule has 2 heterocycles.